The Labute approximate surface area is 82.9 Å². The zero-order valence-electron chi connectivity index (χ0n) is 0.894. The molecule has 0 aromatic heterocycles. The second kappa shape index (κ2) is 17.5. The van der Waals surface area contributed by atoms with Gasteiger partial charge in [0.05, 0.1) is 0 Å². The minimum atomic E-state index is 0. The number of rotatable bonds is 0. The van der Waals surface area contributed by atoms with Crippen molar-refractivity contribution < 1.29 is 56.0 Å². The SMILES string of the molecule is [AlH3].[La].[Pd].[SiH4]. The van der Waals surface area contributed by atoms with Gasteiger partial charge in [-0.2, -0.15) is 0 Å². The van der Waals surface area contributed by atoms with Crippen molar-refractivity contribution in [2.75, 3.05) is 0 Å². The van der Waals surface area contributed by atoms with Crippen LogP contribution in [0, 0.1) is 35.6 Å². The first-order valence-electron chi connectivity index (χ1n) is 0. The summed E-state index contributed by atoms with van der Waals surface area (Å²) in [5.41, 5.74) is 0. The average molecular weight is 307 g/mol. The fourth-order valence-electron chi connectivity index (χ4n) is 0. The molecule has 0 atom stereocenters. The van der Waals surface area contributed by atoms with Crippen LogP contribution in [0.3, 0.4) is 0 Å². The van der Waals surface area contributed by atoms with Crippen molar-refractivity contribution in [1.29, 1.82) is 0 Å². The van der Waals surface area contributed by atoms with Gasteiger partial charge in [-0.05, 0) is 11.0 Å². The van der Waals surface area contributed by atoms with E-state index in [1.165, 1.54) is 0 Å². The maximum atomic E-state index is 0. The van der Waals surface area contributed by atoms with Crippen molar-refractivity contribution in [1.82, 2.24) is 0 Å². The van der Waals surface area contributed by atoms with E-state index in [1.54, 1.807) is 0 Å². The summed E-state index contributed by atoms with van der Waals surface area (Å²) in [6, 6.07) is 0. The second-order valence-electron chi connectivity index (χ2n) is 0. The molecule has 0 heterocycles. The van der Waals surface area contributed by atoms with Crippen molar-refractivity contribution in [3.63, 3.8) is 0 Å². The van der Waals surface area contributed by atoms with Crippen LogP contribution in [0.1, 0.15) is 0 Å². The van der Waals surface area contributed by atoms with E-state index in [0.29, 0.717) is 0 Å². The summed E-state index contributed by atoms with van der Waals surface area (Å²) in [7, 11) is 0. The fraction of sp³-hybridized carbons (Fsp3) is 0. The Morgan fingerprint density at radius 2 is 1.00 bits per heavy atom. The molecule has 4 heteroatoms. The van der Waals surface area contributed by atoms with E-state index >= 15 is 0 Å². The minimum Gasteiger partial charge on any atom is -0.0149 e. The molecule has 0 nitrogen and oxygen atoms in total. The van der Waals surface area contributed by atoms with E-state index in [0.717, 1.165) is 0 Å². The van der Waals surface area contributed by atoms with E-state index in [1.807, 2.05) is 0 Å². The Kier molecular flexibility index (Phi) is 134. The van der Waals surface area contributed by atoms with Gasteiger partial charge in [-0.15, -0.1) is 0 Å². The third kappa shape index (κ3) is 8.82. The van der Waals surface area contributed by atoms with Crippen LogP contribution in [-0.2, 0) is 20.4 Å². The van der Waals surface area contributed by atoms with Crippen molar-refractivity contribution >= 4 is 28.3 Å². The van der Waals surface area contributed by atoms with Crippen molar-refractivity contribution in [2.24, 2.45) is 0 Å². The average Bonchev–Trinajstić information content (AvgIpc) is 0. The van der Waals surface area contributed by atoms with Crippen LogP contribution in [0.2, 0.25) is 0 Å². The first kappa shape index (κ1) is 30.6. The zero-order valence-corrected chi connectivity index (χ0v) is 6.07. The van der Waals surface area contributed by atoms with E-state index in [4.69, 9.17) is 0 Å². The molecule has 0 aliphatic rings. The predicted octanol–water partition coefficient (Wildman–Crippen LogP) is -2.64. The van der Waals surface area contributed by atoms with Crippen molar-refractivity contribution in [3.8, 4) is 0 Å². The summed E-state index contributed by atoms with van der Waals surface area (Å²) in [5.74, 6) is 0. The van der Waals surface area contributed by atoms with E-state index in [9.17, 15) is 0 Å². The molecule has 0 N–H and O–H groups in total. The van der Waals surface area contributed by atoms with Gasteiger partial charge >= 0.3 is 0 Å². The van der Waals surface area contributed by atoms with Gasteiger partial charge < -0.3 is 0 Å². The molecular formula is H7AlLaPdSi. The molecule has 27 valence electrons. The van der Waals surface area contributed by atoms with Crippen LogP contribution in [0.25, 0.3) is 0 Å². The molecule has 0 aliphatic carbocycles. The van der Waals surface area contributed by atoms with Crippen LogP contribution in [-0.4, -0.2) is 28.3 Å². The van der Waals surface area contributed by atoms with Gasteiger partial charge in [-0.1, -0.05) is 0 Å². The van der Waals surface area contributed by atoms with Gasteiger partial charge in [0.15, 0.2) is 17.4 Å². The number of hydrogen-bond acceptors (Lipinski definition) is 0. The van der Waals surface area contributed by atoms with Gasteiger partial charge in [-0.3, -0.25) is 0 Å². The quantitative estimate of drug-likeness (QED) is 0.429. The molecule has 0 rings (SSSR count). The Hall–Kier alpha value is 2.61. The molecule has 0 aromatic carbocycles. The molecule has 0 saturated heterocycles. The van der Waals surface area contributed by atoms with Gasteiger partial charge in [0.2, 0.25) is 0 Å². The molecule has 0 amide bonds. The monoisotopic (exact) mass is 307 g/mol. The van der Waals surface area contributed by atoms with E-state index in [2.05, 4.69) is 0 Å². The van der Waals surface area contributed by atoms with Crippen LogP contribution in [0.15, 0.2) is 0 Å². The minimum absolute atomic E-state index is 0. The summed E-state index contributed by atoms with van der Waals surface area (Å²) in [6.07, 6.45) is 0. The summed E-state index contributed by atoms with van der Waals surface area (Å²) >= 11 is 0. The van der Waals surface area contributed by atoms with Gasteiger partial charge in [0.1, 0.15) is 0 Å². The topological polar surface area (TPSA) is 0 Å². The largest absolute Gasteiger partial charge is 0.187 e. The molecule has 0 saturated carbocycles. The molecule has 0 unspecified atom stereocenters. The summed E-state index contributed by atoms with van der Waals surface area (Å²) in [5, 5.41) is 0. The predicted molar refractivity (Wildman–Crippen MR) is 21.3 cm³/mol. The third-order valence-electron chi connectivity index (χ3n) is 0. The Morgan fingerprint density at radius 1 is 1.00 bits per heavy atom. The standard InChI is InChI=1S/Al.La.Pd.H4Si.3H/h;;;1H4;;;. The zero-order chi connectivity index (χ0) is 0. The van der Waals surface area contributed by atoms with Crippen LogP contribution in [0.5, 0.6) is 0 Å². The molecule has 4 heavy (non-hydrogen) atoms. The van der Waals surface area contributed by atoms with Gasteiger partial charge in [-0.25, -0.2) is 0 Å². The van der Waals surface area contributed by atoms with E-state index < -0.39 is 0 Å². The second-order valence-corrected chi connectivity index (χ2v) is 0. The smallest absolute Gasteiger partial charge is 0.0149 e. The first-order valence-corrected chi connectivity index (χ1v) is 0. The molecule has 0 spiro atoms. The fourth-order valence-corrected chi connectivity index (χ4v) is 0. The molecule has 1 radical (unpaired) electrons. The van der Waals surface area contributed by atoms with Crippen LogP contribution < -0.4 is 0 Å². The Balaban J connectivity index is 0. The molecule has 0 aliphatic heterocycles. The Morgan fingerprint density at radius 3 is 1.00 bits per heavy atom. The maximum absolute atomic E-state index is 0. The molecular weight excluding hydrogens is 300 g/mol. The molecule has 0 bridgehead atoms. The maximum Gasteiger partial charge on any atom is 0.187 e. The van der Waals surface area contributed by atoms with Gasteiger partial charge in [0.25, 0.3) is 0 Å². The summed E-state index contributed by atoms with van der Waals surface area (Å²) < 4.78 is 0. The summed E-state index contributed by atoms with van der Waals surface area (Å²) in [4.78, 5) is 0. The summed E-state index contributed by atoms with van der Waals surface area (Å²) in [6.45, 7) is 0. The van der Waals surface area contributed by atoms with Crippen LogP contribution >= 0.6 is 0 Å². The van der Waals surface area contributed by atoms with Crippen molar-refractivity contribution in [3.05, 3.63) is 0 Å². The number of hydrogen-bond donors (Lipinski definition) is 0. The molecule has 0 aromatic rings. The van der Waals surface area contributed by atoms with Crippen molar-refractivity contribution in [2.45, 2.75) is 0 Å². The van der Waals surface area contributed by atoms with E-state index in [-0.39, 0.29) is 84.3 Å². The third-order valence-corrected chi connectivity index (χ3v) is 0. The Bertz CT molecular complexity index is 8.00. The van der Waals surface area contributed by atoms with Crippen LogP contribution in [0.4, 0.5) is 0 Å². The first-order chi connectivity index (χ1) is 0. The molecule has 0 fully saturated rings. The van der Waals surface area contributed by atoms with Gasteiger partial charge in [0, 0.05) is 56.0 Å². The normalized spacial score (nSPS) is 0.